The molecule has 5 aliphatic carbocycles. The number of aliphatic hydroxyl groups is 2. The zero-order valence-electron chi connectivity index (χ0n) is 22.4. The molecule has 0 aromatic carbocycles. The molecule has 0 radical (unpaired) electrons. The van der Waals surface area contributed by atoms with Crippen molar-refractivity contribution in [2.45, 2.75) is 112 Å². The van der Waals surface area contributed by atoms with Crippen molar-refractivity contribution in [3.8, 4) is 0 Å². The molecule has 5 aliphatic rings. The van der Waals surface area contributed by atoms with Crippen molar-refractivity contribution in [2.75, 3.05) is 0 Å². The Balaban J connectivity index is 1.57. The molecule has 0 amide bonds. The van der Waals surface area contributed by atoms with Gasteiger partial charge in [0, 0.05) is 0 Å². The molecule has 5 saturated carbocycles. The quantitative estimate of drug-likeness (QED) is 0.427. The van der Waals surface area contributed by atoms with Gasteiger partial charge in [0.15, 0.2) is 0 Å². The molecular weight excluding hydrogens is 424 g/mol. The summed E-state index contributed by atoms with van der Waals surface area (Å²) in [5, 5.41) is 32.4. The van der Waals surface area contributed by atoms with Crippen molar-refractivity contribution in [3.63, 3.8) is 0 Å². The SMILES string of the molecule is C=C(C)[C@@H]1CC[C@]2(C(=O)O)CC[C@]3(C)C(CC[C@@H]4[C@@]5(C)C[C@@H](O)[C@H](O)C(C)(C)[C@@H]5CC[C@]43C)[C@H]12. The maximum Gasteiger partial charge on any atom is 0.309 e. The van der Waals surface area contributed by atoms with Crippen LogP contribution in [0.25, 0.3) is 0 Å². The third-order valence-electron chi connectivity index (χ3n) is 13.4. The highest BCUT2D eigenvalue weighted by Crippen LogP contribution is 2.77. The first-order valence-electron chi connectivity index (χ1n) is 13.9. The molecule has 0 spiro atoms. The lowest BCUT2D eigenvalue weighted by Crippen LogP contribution is -2.68. The second-order valence-electron chi connectivity index (χ2n) is 14.7. The van der Waals surface area contributed by atoms with Crippen molar-refractivity contribution in [1.82, 2.24) is 0 Å². The van der Waals surface area contributed by atoms with Gasteiger partial charge < -0.3 is 15.3 Å². The van der Waals surface area contributed by atoms with E-state index in [9.17, 15) is 20.1 Å². The molecule has 3 N–H and O–H groups in total. The number of carboxylic acids is 1. The standard InChI is InChI=1S/C30H48O4/c1-17(2)18-10-13-30(25(33)34)15-14-28(6)19(23(18)30)8-9-22-27(5)16-20(31)24(32)26(3,4)21(27)11-12-29(22,28)7/h18-24,31-32H,1,8-16H2,2-7H3,(H,33,34)/t18-,19?,20+,21-,22+,23-,24-,27-,28+,29+,30-/m0/s1. The number of rotatable bonds is 2. The molecule has 11 atom stereocenters. The van der Waals surface area contributed by atoms with Crippen LogP contribution in [0.2, 0.25) is 0 Å². The molecular formula is C30H48O4. The number of aliphatic carboxylic acids is 1. The summed E-state index contributed by atoms with van der Waals surface area (Å²) < 4.78 is 0. The van der Waals surface area contributed by atoms with E-state index in [-0.39, 0.29) is 27.6 Å². The van der Waals surface area contributed by atoms with Crippen LogP contribution in [0.4, 0.5) is 0 Å². The van der Waals surface area contributed by atoms with Crippen LogP contribution in [0.15, 0.2) is 12.2 Å². The van der Waals surface area contributed by atoms with E-state index in [2.05, 4.69) is 48.1 Å². The van der Waals surface area contributed by atoms with Crippen molar-refractivity contribution >= 4 is 5.97 Å². The Labute approximate surface area is 206 Å². The van der Waals surface area contributed by atoms with Gasteiger partial charge >= 0.3 is 5.97 Å². The summed E-state index contributed by atoms with van der Waals surface area (Å²) in [7, 11) is 0. The molecule has 4 nitrogen and oxygen atoms in total. The van der Waals surface area contributed by atoms with Gasteiger partial charge in [-0.1, -0.05) is 46.8 Å². The predicted molar refractivity (Wildman–Crippen MR) is 134 cm³/mol. The van der Waals surface area contributed by atoms with Gasteiger partial charge in [-0.2, -0.15) is 0 Å². The smallest absolute Gasteiger partial charge is 0.309 e. The maximum absolute atomic E-state index is 12.8. The van der Waals surface area contributed by atoms with E-state index in [0.29, 0.717) is 30.1 Å². The Kier molecular flexibility index (Phi) is 5.36. The van der Waals surface area contributed by atoms with Gasteiger partial charge in [-0.3, -0.25) is 4.79 Å². The number of aliphatic hydroxyl groups excluding tert-OH is 2. The number of hydrogen-bond acceptors (Lipinski definition) is 3. The Morgan fingerprint density at radius 2 is 1.53 bits per heavy atom. The summed E-state index contributed by atoms with van der Waals surface area (Å²) in [6, 6.07) is 0. The number of fused-ring (bicyclic) bond motifs is 7. The average molecular weight is 473 g/mol. The van der Waals surface area contributed by atoms with Crippen LogP contribution < -0.4 is 0 Å². The largest absolute Gasteiger partial charge is 0.481 e. The highest BCUT2D eigenvalue weighted by molar-refractivity contribution is 5.76. The minimum atomic E-state index is -0.669. The zero-order chi connectivity index (χ0) is 25.1. The average Bonchev–Trinajstić information content (AvgIpc) is 3.14. The van der Waals surface area contributed by atoms with Gasteiger partial charge in [0.1, 0.15) is 0 Å². The van der Waals surface area contributed by atoms with Crippen molar-refractivity contribution in [1.29, 1.82) is 0 Å². The second-order valence-corrected chi connectivity index (χ2v) is 14.7. The van der Waals surface area contributed by atoms with E-state index in [1.165, 1.54) is 5.57 Å². The van der Waals surface area contributed by atoms with Crippen molar-refractivity contribution in [2.24, 2.45) is 56.7 Å². The molecule has 4 heteroatoms. The number of hydrogen-bond donors (Lipinski definition) is 3. The molecule has 0 aromatic rings. The van der Waals surface area contributed by atoms with E-state index in [1.54, 1.807) is 0 Å². The summed E-state index contributed by atoms with van der Waals surface area (Å²) in [5.41, 5.74) is 0.501. The van der Waals surface area contributed by atoms with Crippen LogP contribution >= 0.6 is 0 Å². The van der Waals surface area contributed by atoms with Crippen molar-refractivity contribution < 1.29 is 20.1 Å². The minimum Gasteiger partial charge on any atom is -0.481 e. The monoisotopic (exact) mass is 472 g/mol. The van der Waals surface area contributed by atoms with Gasteiger partial charge in [0.05, 0.1) is 17.6 Å². The molecule has 34 heavy (non-hydrogen) atoms. The Bertz CT molecular complexity index is 894. The Morgan fingerprint density at radius 3 is 2.15 bits per heavy atom. The molecule has 192 valence electrons. The molecule has 1 unspecified atom stereocenters. The fraction of sp³-hybridized carbons (Fsp3) is 0.900. The molecule has 0 aliphatic heterocycles. The third-order valence-corrected chi connectivity index (χ3v) is 13.4. The van der Waals surface area contributed by atoms with E-state index in [0.717, 1.165) is 51.4 Å². The van der Waals surface area contributed by atoms with E-state index in [1.807, 2.05) is 0 Å². The second kappa shape index (κ2) is 7.34. The van der Waals surface area contributed by atoms with E-state index in [4.69, 9.17) is 0 Å². The summed E-state index contributed by atoms with van der Waals surface area (Å²) in [4.78, 5) is 12.8. The van der Waals surface area contributed by atoms with Gasteiger partial charge in [0.25, 0.3) is 0 Å². The van der Waals surface area contributed by atoms with E-state index < -0.39 is 23.6 Å². The summed E-state index contributed by atoms with van der Waals surface area (Å²) in [6.07, 6.45) is 7.32. The van der Waals surface area contributed by atoms with Gasteiger partial charge in [-0.15, -0.1) is 0 Å². The Morgan fingerprint density at radius 1 is 0.853 bits per heavy atom. The maximum atomic E-state index is 12.8. The number of carbonyl (C=O) groups is 1. The van der Waals surface area contributed by atoms with Crippen LogP contribution in [0.1, 0.15) is 99.3 Å². The molecule has 5 fully saturated rings. The van der Waals surface area contributed by atoms with Gasteiger partial charge in [0.2, 0.25) is 0 Å². The van der Waals surface area contributed by atoms with Crippen LogP contribution in [0, 0.1) is 56.7 Å². The predicted octanol–water partition coefficient (Wildman–Crippen LogP) is 6.06. The minimum absolute atomic E-state index is 0.00606. The van der Waals surface area contributed by atoms with Gasteiger partial charge in [-0.05, 0) is 116 Å². The highest BCUT2D eigenvalue weighted by Gasteiger charge is 2.72. The Hall–Kier alpha value is -0.870. The molecule has 5 rings (SSSR count). The van der Waals surface area contributed by atoms with Crippen LogP contribution in [-0.2, 0) is 4.79 Å². The highest BCUT2D eigenvalue weighted by atomic mass is 16.4. The molecule has 0 saturated heterocycles. The molecule has 0 heterocycles. The zero-order valence-corrected chi connectivity index (χ0v) is 22.4. The number of carboxylic acid groups (broad SMARTS) is 1. The summed E-state index contributed by atoms with van der Waals surface area (Å²) in [5.74, 6) is 1.24. The first kappa shape index (κ1) is 24.8. The topological polar surface area (TPSA) is 77.8 Å². The van der Waals surface area contributed by atoms with Gasteiger partial charge in [-0.25, -0.2) is 0 Å². The summed E-state index contributed by atoms with van der Waals surface area (Å²) >= 11 is 0. The molecule has 0 bridgehead atoms. The van der Waals surface area contributed by atoms with Crippen LogP contribution in [0.5, 0.6) is 0 Å². The third kappa shape index (κ3) is 2.76. The number of allylic oxidation sites excluding steroid dienone is 1. The lowest BCUT2D eigenvalue weighted by molar-refractivity contribution is -0.263. The molecule has 0 aromatic heterocycles. The first-order valence-corrected chi connectivity index (χ1v) is 13.9. The lowest BCUT2D eigenvalue weighted by Gasteiger charge is -2.73. The van der Waals surface area contributed by atoms with Crippen LogP contribution in [0.3, 0.4) is 0 Å². The normalized spacial score (nSPS) is 55.9. The van der Waals surface area contributed by atoms with Crippen LogP contribution in [-0.4, -0.2) is 33.5 Å². The first-order chi connectivity index (χ1) is 15.7. The fourth-order valence-corrected chi connectivity index (χ4v) is 11.7. The fourth-order valence-electron chi connectivity index (χ4n) is 11.7. The summed E-state index contributed by atoms with van der Waals surface area (Å²) in [6.45, 7) is 18.2. The lowest BCUT2D eigenvalue weighted by atomic mass is 9.32. The van der Waals surface area contributed by atoms with Crippen molar-refractivity contribution in [3.05, 3.63) is 12.2 Å². The van der Waals surface area contributed by atoms with E-state index >= 15 is 0 Å².